The number of sulfonamides is 1. The van der Waals surface area contributed by atoms with E-state index in [-0.39, 0.29) is 12.3 Å². The van der Waals surface area contributed by atoms with Crippen LogP contribution in [0.5, 0.6) is 5.75 Å². The molecule has 0 atom stereocenters. The molecule has 0 radical (unpaired) electrons. The van der Waals surface area contributed by atoms with Crippen molar-refractivity contribution in [3.63, 3.8) is 0 Å². The molecule has 1 aromatic rings. The highest BCUT2D eigenvalue weighted by molar-refractivity contribution is 7.90. The van der Waals surface area contributed by atoms with Gasteiger partial charge in [0.25, 0.3) is 0 Å². The summed E-state index contributed by atoms with van der Waals surface area (Å²) in [6.07, 6.45) is -4.75. The highest BCUT2D eigenvalue weighted by Gasteiger charge is 2.30. The second-order valence-electron chi connectivity index (χ2n) is 3.24. The van der Waals surface area contributed by atoms with Crippen LogP contribution in [0.3, 0.4) is 0 Å². The van der Waals surface area contributed by atoms with E-state index >= 15 is 0 Å². The quantitative estimate of drug-likeness (QED) is 0.849. The van der Waals surface area contributed by atoms with Crippen LogP contribution in [0.2, 0.25) is 0 Å². The molecule has 0 aliphatic heterocycles. The Labute approximate surface area is 107 Å². The minimum Gasteiger partial charge on any atom is -0.406 e. The van der Waals surface area contributed by atoms with Crippen molar-refractivity contribution >= 4 is 21.6 Å². The predicted molar refractivity (Wildman–Crippen MR) is 59.6 cm³/mol. The fourth-order valence-electron chi connectivity index (χ4n) is 1.04. The van der Waals surface area contributed by atoms with Gasteiger partial charge in [-0.2, -0.15) is 0 Å². The third kappa shape index (κ3) is 5.56. The minimum absolute atomic E-state index is 0.0542. The summed E-state index contributed by atoms with van der Waals surface area (Å²) < 4.78 is 63.4. The number of alkyl halides is 4. The van der Waals surface area contributed by atoms with Crippen LogP contribution < -0.4 is 9.46 Å². The number of rotatable bonds is 5. The molecule has 0 aliphatic carbocycles. The Morgan fingerprint density at radius 2 is 1.78 bits per heavy atom. The molecule has 1 rings (SSSR count). The van der Waals surface area contributed by atoms with Crippen LogP contribution >= 0.6 is 11.6 Å². The lowest BCUT2D eigenvalue weighted by Gasteiger charge is -2.09. The van der Waals surface area contributed by atoms with Gasteiger partial charge in [0, 0.05) is 6.54 Å². The summed E-state index contributed by atoms with van der Waals surface area (Å²) >= 11 is 5.16. The second kappa shape index (κ2) is 5.77. The summed E-state index contributed by atoms with van der Waals surface area (Å²) in [7, 11) is -3.55. The van der Waals surface area contributed by atoms with Crippen LogP contribution in [0.15, 0.2) is 24.3 Å². The van der Waals surface area contributed by atoms with Gasteiger partial charge in [-0.15, -0.1) is 24.8 Å². The lowest BCUT2D eigenvalue weighted by molar-refractivity contribution is -0.274. The van der Waals surface area contributed by atoms with E-state index in [2.05, 4.69) is 9.46 Å². The van der Waals surface area contributed by atoms with E-state index in [0.717, 1.165) is 12.1 Å². The Hall–Kier alpha value is -0.990. The summed E-state index contributed by atoms with van der Waals surface area (Å²) in [6.45, 7) is -0.0542. The van der Waals surface area contributed by atoms with E-state index in [1.807, 2.05) is 0 Å². The topological polar surface area (TPSA) is 55.4 Å². The molecule has 18 heavy (non-hydrogen) atoms. The molecule has 102 valence electrons. The van der Waals surface area contributed by atoms with Crippen molar-refractivity contribution in [2.75, 3.05) is 5.21 Å². The predicted octanol–water partition coefficient (Wildman–Crippen LogP) is 2.20. The van der Waals surface area contributed by atoms with Crippen LogP contribution in [0.4, 0.5) is 13.2 Å². The summed E-state index contributed by atoms with van der Waals surface area (Å²) in [4.78, 5) is 0. The van der Waals surface area contributed by atoms with Gasteiger partial charge >= 0.3 is 6.36 Å². The highest BCUT2D eigenvalue weighted by atomic mass is 35.5. The maximum absolute atomic E-state index is 11.9. The molecular formula is C9H9ClF3NO3S. The third-order valence-electron chi connectivity index (χ3n) is 1.80. The van der Waals surface area contributed by atoms with Gasteiger partial charge in [0.15, 0.2) is 0 Å². The average Bonchev–Trinajstić information content (AvgIpc) is 2.26. The number of hydrogen-bond donors (Lipinski definition) is 1. The first-order valence-electron chi connectivity index (χ1n) is 4.60. The first-order valence-corrected chi connectivity index (χ1v) is 6.78. The molecule has 0 amide bonds. The molecule has 1 N–H and O–H groups in total. The van der Waals surface area contributed by atoms with Crippen molar-refractivity contribution in [3.8, 4) is 5.75 Å². The van der Waals surface area contributed by atoms with Gasteiger partial charge in [0.1, 0.15) is 11.0 Å². The van der Waals surface area contributed by atoms with Gasteiger partial charge in [-0.05, 0) is 17.7 Å². The van der Waals surface area contributed by atoms with E-state index in [1.165, 1.54) is 12.1 Å². The maximum atomic E-state index is 11.9. The number of benzene rings is 1. The molecule has 0 heterocycles. The van der Waals surface area contributed by atoms with Crippen molar-refractivity contribution in [1.29, 1.82) is 0 Å². The van der Waals surface area contributed by atoms with Crippen LogP contribution in [0, 0.1) is 0 Å². The van der Waals surface area contributed by atoms with E-state index < -0.39 is 21.6 Å². The molecule has 0 aliphatic rings. The Balaban J connectivity index is 2.61. The molecule has 0 saturated carbocycles. The Bertz CT molecular complexity index is 487. The molecule has 0 unspecified atom stereocenters. The molecule has 1 aromatic carbocycles. The normalized spacial score (nSPS) is 12.4. The van der Waals surface area contributed by atoms with Crippen LogP contribution in [0.25, 0.3) is 0 Å². The monoisotopic (exact) mass is 303 g/mol. The van der Waals surface area contributed by atoms with Crippen molar-refractivity contribution in [1.82, 2.24) is 4.72 Å². The zero-order valence-electron chi connectivity index (χ0n) is 8.87. The first-order chi connectivity index (χ1) is 8.22. The summed E-state index contributed by atoms with van der Waals surface area (Å²) in [5.74, 6) is -0.369. The van der Waals surface area contributed by atoms with Gasteiger partial charge in [0.2, 0.25) is 10.0 Å². The second-order valence-corrected chi connectivity index (χ2v) is 5.63. The fraction of sp³-hybridized carbons (Fsp3) is 0.333. The van der Waals surface area contributed by atoms with E-state index in [4.69, 9.17) is 11.6 Å². The standard InChI is InChI=1S/C9H9ClF3NO3S/c10-6-18(15,16)14-5-7-1-3-8(4-2-7)17-9(11,12)13/h1-4,14H,5-6H2. The van der Waals surface area contributed by atoms with Crippen molar-refractivity contribution < 1.29 is 26.3 Å². The van der Waals surface area contributed by atoms with Gasteiger partial charge < -0.3 is 4.74 Å². The smallest absolute Gasteiger partial charge is 0.406 e. The SMILES string of the molecule is O=S(=O)(CCl)NCc1ccc(OC(F)(F)F)cc1. The number of halogens is 4. The zero-order valence-corrected chi connectivity index (χ0v) is 10.4. The third-order valence-corrected chi connectivity index (χ3v) is 3.53. The number of nitrogens with one attached hydrogen (secondary N) is 1. The highest BCUT2D eigenvalue weighted by Crippen LogP contribution is 2.22. The molecule has 0 fully saturated rings. The molecule has 0 aromatic heterocycles. The Morgan fingerprint density at radius 3 is 2.22 bits per heavy atom. The number of hydrogen-bond acceptors (Lipinski definition) is 3. The molecule has 0 spiro atoms. The fourth-order valence-corrected chi connectivity index (χ4v) is 1.74. The van der Waals surface area contributed by atoms with E-state index in [0.29, 0.717) is 5.56 Å². The minimum atomic E-state index is -4.75. The Kier molecular flexibility index (Phi) is 4.83. The Morgan fingerprint density at radius 1 is 1.22 bits per heavy atom. The van der Waals surface area contributed by atoms with E-state index in [1.54, 1.807) is 0 Å². The van der Waals surface area contributed by atoms with Crippen molar-refractivity contribution in [2.24, 2.45) is 0 Å². The molecular weight excluding hydrogens is 295 g/mol. The molecule has 4 nitrogen and oxygen atoms in total. The maximum Gasteiger partial charge on any atom is 0.573 e. The molecule has 9 heteroatoms. The van der Waals surface area contributed by atoms with Gasteiger partial charge in [-0.3, -0.25) is 0 Å². The van der Waals surface area contributed by atoms with Crippen LogP contribution in [0.1, 0.15) is 5.56 Å². The summed E-state index contributed by atoms with van der Waals surface area (Å²) in [6, 6.07) is 4.82. The zero-order chi connectivity index (χ0) is 13.8. The lowest BCUT2D eigenvalue weighted by atomic mass is 10.2. The summed E-state index contributed by atoms with van der Waals surface area (Å²) in [5, 5.41) is -0.581. The largest absolute Gasteiger partial charge is 0.573 e. The van der Waals surface area contributed by atoms with Gasteiger partial charge in [-0.1, -0.05) is 12.1 Å². The van der Waals surface area contributed by atoms with Gasteiger partial charge in [-0.25, -0.2) is 13.1 Å². The average molecular weight is 304 g/mol. The van der Waals surface area contributed by atoms with Crippen molar-refractivity contribution in [2.45, 2.75) is 12.9 Å². The van der Waals surface area contributed by atoms with Gasteiger partial charge in [0.05, 0.1) is 0 Å². The summed E-state index contributed by atoms with van der Waals surface area (Å²) in [5.41, 5.74) is 0.484. The first kappa shape index (κ1) is 15.1. The van der Waals surface area contributed by atoms with Crippen LogP contribution in [-0.2, 0) is 16.6 Å². The number of ether oxygens (including phenoxy) is 1. The molecule has 0 bridgehead atoms. The van der Waals surface area contributed by atoms with Crippen LogP contribution in [-0.4, -0.2) is 20.0 Å². The van der Waals surface area contributed by atoms with E-state index in [9.17, 15) is 21.6 Å². The lowest BCUT2D eigenvalue weighted by Crippen LogP contribution is -2.23. The molecule has 0 saturated heterocycles. The van der Waals surface area contributed by atoms with Crippen molar-refractivity contribution in [3.05, 3.63) is 29.8 Å².